The third-order valence-electron chi connectivity index (χ3n) is 3.51. The molecule has 1 aliphatic rings. The average molecular weight is 264 g/mol. The average Bonchev–Trinajstić information content (AvgIpc) is 2.30. The summed E-state index contributed by atoms with van der Waals surface area (Å²) < 4.78 is 30.7. The van der Waals surface area contributed by atoms with E-state index in [1.807, 2.05) is 14.0 Å². The van der Waals surface area contributed by atoms with Crippen molar-refractivity contribution in [2.75, 3.05) is 39.1 Å². The van der Waals surface area contributed by atoms with Gasteiger partial charge in [0.2, 0.25) is 10.0 Å². The summed E-state index contributed by atoms with van der Waals surface area (Å²) in [6.07, 6.45) is 1.72. The Hall–Kier alpha value is -0.170. The summed E-state index contributed by atoms with van der Waals surface area (Å²) in [5, 5.41) is 3.26. The molecule has 0 unspecified atom stereocenters. The van der Waals surface area contributed by atoms with Crippen LogP contribution in [0.5, 0.6) is 0 Å². The summed E-state index contributed by atoms with van der Waals surface area (Å²) in [5.41, 5.74) is 0.0753. The van der Waals surface area contributed by atoms with Gasteiger partial charge in [0.05, 0.1) is 12.4 Å². The van der Waals surface area contributed by atoms with Crippen molar-refractivity contribution >= 4 is 10.0 Å². The number of ether oxygens (including phenoxy) is 1. The molecule has 0 aliphatic carbocycles. The normalized spacial score (nSPS) is 21.6. The molecule has 102 valence electrons. The van der Waals surface area contributed by atoms with Gasteiger partial charge in [0, 0.05) is 25.2 Å². The molecule has 1 rings (SSSR count). The Bertz CT molecular complexity index is 322. The quantitative estimate of drug-likeness (QED) is 0.707. The number of sulfonamides is 1. The van der Waals surface area contributed by atoms with Crippen molar-refractivity contribution in [3.05, 3.63) is 0 Å². The highest BCUT2D eigenvalue weighted by molar-refractivity contribution is 7.89. The first-order chi connectivity index (χ1) is 7.93. The SMILES string of the molecule is CCOCCS(=O)(=O)N1CCC(C)(NC)CC1. The van der Waals surface area contributed by atoms with Gasteiger partial charge in [-0.1, -0.05) is 0 Å². The first-order valence-electron chi connectivity index (χ1n) is 6.18. The van der Waals surface area contributed by atoms with E-state index in [-0.39, 0.29) is 11.3 Å². The van der Waals surface area contributed by atoms with E-state index in [0.29, 0.717) is 26.3 Å². The fourth-order valence-corrected chi connectivity index (χ4v) is 3.27. The highest BCUT2D eigenvalue weighted by Gasteiger charge is 2.33. The number of piperidine rings is 1. The molecule has 0 aromatic heterocycles. The van der Waals surface area contributed by atoms with Gasteiger partial charge in [-0.25, -0.2) is 12.7 Å². The molecule has 0 atom stereocenters. The molecule has 1 aliphatic heterocycles. The van der Waals surface area contributed by atoms with Gasteiger partial charge in [0.25, 0.3) is 0 Å². The second-order valence-electron chi connectivity index (χ2n) is 4.72. The van der Waals surface area contributed by atoms with E-state index >= 15 is 0 Å². The number of nitrogens with one attached hydrogen (secondary N) is 1. The van der Waals surface area contributed by atoms with Crippen molar-refractivity contribution in [2.24, 2.45) is 0 Å². The zero-order chi connectivity index (χ0) is 12.9. The van der Waals surface area contributed by atoms with Gasteiger partial charge in [-0.2, -0.15) is 0 Å². The largest absolute Gasteiger partial charge is 0.381 e. The Morgan fingerprint density at radius 3 is 2.41 bits per heavy atom. The topological polar surface area (TPSA) is 58.6 Å². The fraction of sp³-hybridized carbons (Fsp3) is 1.00. The van der Waals surface area contributed by atoms with Crippen LogP contribution in [0.3, 0.4) is 0 Å². The molecule has 1 saturated heterocycles. The second-order valence-corrected chi connectivity index (χ2v) is 6.81. The van der Waals surface area contributed by atoms with Crippen LogP contribution in [-0.4, -0.2) is 57.4 Å². The zero-order valence-electron chi connectivity index (χ0n) is 11.0. The number of hydrogen-bond donors (Lipinski definition) is 1. The second kappa shape index (κ2) is 6.13. The van der Waals surface area contributed by atoms with Crippen molar-refractivity contribution < 1.29 is 13.2 Å². The van der Waals surface area contributed by atoms with Crippen LogP contribution < -0.4 is 5.32 Å². The fourth-order valence-electron chi connectivity index (χ4n) is 1.95. The van der Waals surface area contributed by atoms with Gasteiger partial charge < -0.3 is 10.1 Å². The smallest absolute Gasteiger partial charge is 0.216 e. The van der Waals surface area contributed by atoms with Crippen molar-refractivity contribution in [1.82, 2.24) is 9.62 Å². The van der Waals surface area contributed by atoms with E-state index in [1.54, 1.807) is 4.31 Å². The number of rotatable bonds is 6. The van der Waals surface area contributed by atoms with Crippen LogP contribution in [0.2, 0.25) is 0 Å². The van der Waals surface area contributed by atoms with Crippen LogP contribution >= 0.6 is 0 Å². The molecule has 1 N–H and O–H groups in total. The van der Waals surface area contributed by atoms with E-state index in [9.17, 15) is 8.42 Å². The molecule has 0 spiro atoms. The number of hydrogen-bond acceptors (Lipinski definition) is 4. The molecule has 17 heavy (non-hydrogen) atoms. The zero-order valence-corrected chi connectivity index (χ0v) is 11.8. The minimum absolute atomic E-state index is 0.0753. The predicted molar refractivity (Wildman–Crippen MR) is 68.6 cm³/mol. The maximum Gasteiger partial charge on any atom is 0.216 e. The highest BCUT2D eigenvalue weighted by atomic mass is 32.2. The Morgan fingerprint density at radius 2 is 1.94 bits per heavy atom. The van der Waals surface area contributed by atoms with Crippen LogP contribution in [0.15, 0.2) is 0 Å². The minimum Gasteiger partial charge on any atom is -0.381 e. The Balaban J connectivity index is 2.47. The minimum atomic E-state index is -3.13. The van der Waals surface area contributed by atoms with Crippen molar-refractivity contribution in [1.29, 1.82) is 0 Å². The molecule has 0 aromatic carbocycles. The lowest BCUT2D eigenvalue weighted by molar-refractivity contribution is 0.161. The summed E-state index contributed by atoms with van der Waals surface area (Å²) in [5.74, 6) is 0.0944. The molecule has 1 heterocycles. The van der Waals surface area contributed by atoms with E-state index in [4.69, 9.17) is 4.74 Å². The van der Waals surface area contributed by atoms with Crippen LogP contribution in [0, 0.1) is 0 Å². The monoisotopic (exact) mass is 264 g/mol. The standard InChI is InChI=1S/C11H24N2O3S/c1-4-16-9-10-17(14,15)13-7-5-11(2,12-3)6-8-13/h12H,4-10H2,1-3H3. The summed E-state index contributed by atoms with van der Waals surface area (Å²) in [4.78, 5) is 0. The predicted octanol–water partition coefficient (Wildman–Crippen LogP) is 0.427. The van der Waals surface area contributed by atoms with E-state index < -0.39 is 10.0 Å². The van der Waals surface area contributed by atoms with E-state index in [2.05, 4.69) is 12.2 Å². The first-order valence-corrected chi connectivity index (χ1v) is 7.79. The molecular formula is C11H24N2O3S. The van der Waals surface area contributed by atoms with Gasteiger partial charge in [-0.3, -0.25) is 0 Å². The Morgan fingerprint density at radius 1 is 1.35 bits per heavy atom. The van der Waals surface area contributed by atoms with Crippen molar-refractivity contribution in [3.63, 3.8) is 0 Å². The van der Waals surface area contributed by atoms with Crippen molar-refractivity contribution in [3.8, 4) is 0 Å². The summed E-state index contributed by atoms with van der Waals surface area (Å²) in [6.45, 7) is 6.06. The maximum atomic E-state index is 12.0. The molecule has 0 aromatic rings. The van der Waals surface area contributed by atoms with Gasteiger partial charge in [0.15, 0.2) is 0 Å². The first kappa shape index (κ1) is 14.9. The van der Waals surface area contributed by atoms with Crippen LogP contribution in [0.25, 0.3) is 0 Å². The summed E-state index contributed by atoms with van der Waals surface area (Å²) in [6, 6.07) is 0. The summed E-state index contributed by atoms with van der Waals surface area (Å²) in [7, 11) is -1.20. The summed E-state index contributed by atoms with van der Waals surface area (Å²) >= 11 is 0. The molecule has 0 saturated carbocycles. The van der Waals surface area contributed by atoms with Crippen LogP contribution in [0.1, 0.15) is 26.7 Å². The van der Waals surface area contributed by atoms with E-state index in [1.165, 1.54) is 0 Å². The Kier molecular flexibility index (Phi) is 5.37. The van der Waals surface area contributed by atoms with Crippen LogP contribution in [0.4, 0.5) is 0 Å². The van der Waals surface area contributed by atoms with Gasteiger partial charge in [-0.05, 0) is 33.7 Å². The molecular weight excluding hydrogens is 240 g/mol. The van der Waals surface area contributed by atoms with E-state index in [0.717, 1.165) is 12.8 Å². The van der Waals surface area contributed by atoms with Crippen LogP contribution in [-0.2, 0) is 14.8 Å². The Labute approximate surface area is 105 Å². The molecule has 0 bridgehead atoms. The number of nitrogens with zero attached hydrogens (tertiary/aromatic N) is 1. The maximum absolute atomic E-state index is 12.0. The molecule has 0 radical (unpaired) electrons. The van der Waals surface area contributed by atoms with Gasteiger partial charge in [-0.15, -0.1) is 0 Å². The van der Waals surface area contributed by atoms with Gasteiger partial charge in [0.1, 0.15) is 0 Å². The molecule has 0 amide bonds. The third-order valence-corrected chi connectivity index (χ3v) is 5.35. The molecule has 6 heteroatoms. The highest BCUT2D eigenvalue weighted by Crippen LogP contribution is 2.23. The lowest BCUT2D eigenvalue weighted by Gasteiger charge is -2.38. The lowest BCUT2D eigenvalue weighted by atomic mass is 9.91. The van der Waals surface area contributed by atoms with Crippen molar-refractivity contribution in [2.45, 2.75) is 32.2 Å². The molecule has 1 fully saturated rings. The lowest BCUT2D eigenvalue weighted by Crippen LogP contribution is -2.51. The third kappa shape index (κ3) is 4.21. The molecule has 5 nitrogen and oxygen atoms in total. The van der Waals surface area contributed by atoms with Gasteiger partial charge >= 0.3 is 0 Å².